The van der Waals surface area contributed by atoms with Crippen LogP contribution >= 0.6 is 0 Å². The number of carbonyl (C=O) groups is 2. The molecule has 6 atom stereocenters. The Morgan fingerprint density at radius 3 is 2.41 bits per heavy atom. The molecule has 0 spiro atoms. The van der Waals surface area contributed by atoms with Gasteiger partial charge in [-0.05, 0) is 63.2 Å². The van der Waals surface area contributed by atoms with Gasteiger partial charge in [0.15, 0.2) is 6.10 Å². The highest BCUT2D eigenvalue weighted by Gasteiger charge is 2.37. The van der Waals surface area contributed by atoms with Crippen molar-refractivity contribution >= 4 is 12.1 Å². The summed E-state index contributed by atoms with van der Waals surface area (Å²) in [6.07, 6.45) is 20.3. The molecular weight excluding hydrogens is 580 g/mol. The Labute approximate surface area is 276 Å². The van der Waals surface area contributed by atoms with Gasteiger partial charge in [0.05, 0.1) is 0 Å². The third-order valence-electron chi connectivity index (χ3n) is 9.94. The van der Waals surface area contributed by atoms with Crippen LogP contribution in [0, 0.1) is 11.8 Å². The lowest BCUT2D eigenvalue weighted by Gasteiger charge is -2.40. The van der Waals surface area contributed by atoms with Gasteiger partial charge in [-0.15, -0.1) is 0 Å². The number of ether oxygens (including phenoxy) is 2. The minimum absolute atomic E-state index is 0.00246. The van der Waals surface area contributed by atoms with E-state index in [4.69, 9.17) is 9.47 Å². The number of piperazine rings is 1. The van der Waals surface area contributed by atoms with Crippen LogP contribution in [0.2, 0.25) is 0 Å². The maximum absolute atomic E-state index is 13.4. The van der Waals surface area contributed by atoms with Crippen LogP contribution in [0.5, 0.6) is 0 Å². The van der Waals surface area contributed by atoms with Gasteiger partial charge >= 0.3 is 12.1 Å². The first kappa shape index (κ1) is 35.8. The van der Waals surface area contributed by atoms with Crippen molar-refractivity contribution < 1.29 is 24.2 Å². The van der Waals surface area contributed by atoms with Crippen molar-refractivity contribution in [3.05, 3.63) is 60.2 Å². The average molecular weight is 637 g/mol. The van der Waals surface area contributed by atoms with Gasteiger partial charge in [-0.25, -0.2) is 14.8 Å². The molecule has 1 amide bonds. The number of nitrogens with zero attached hydrogens (tertiary/aromatic N) is 4. The normalized spacial score (nSPS) is 31.3. The zero-order chi connectivity index (χ0) is 33.1. The van der Waals surface area contributed by atoms with Gasteiger partial charge in [0.1, 0.15) is 17.5 Å². The number of aromatic nitrogens is 2. The Hall–Kier alpha value is -3.04. The van der Waals surface area contributed by atoms with E-state index in [2.05, 4.69) is 14.9 Å². The summed E-state index contributed by atoms with van der Waals surface area (Å²) in [5, 5.41) is 11.6. The van der Waals surface area contributed by atoms with Gasteiger partial charge in [-0.2, -0.15) is 0 Å². The summed E-state index contributed by atoms with van der Waals surface area (Å²) in [5.74, 6) is 0.286. The fraction of sp³-hybridized carbons (Fsp3) is 0.676. The highest BCUT2D eigenvalue weighted by molar-refractivity contribution is 5.70. The summed E-state index contributed by atoms with van der Waals surface area (Å²) in [4.78, 5) is 39.4. The number of aliphatic hydroxyl groups is 1. The number of cyclic esters (lactones) is 1. The first-order chi connectivity index (χ1) is 22.0. The second-order valence-corrected chi connectivity index (χ2v) is 14.0. The number of allylic oxidation sites excluding steroid dienone is 3. The Morgan fingerprint density at radius 2 is 1.74 bits per heavy atom. The van der Waals surface area contributed by atoms with Gasteiger partial charge < -0.3 is 19.5 Å². The van der Waals surface area contributed by atoms with Crippen molar-refractivity contribution in [1.29, 1.82) is 0 Å². The first-order valence-corrected chi connectivity index (χ1v) is 17.4. The van der Waals surface area contributed by atoms with Crippen LogP contribution in [0.4, 0.5) is 4.79 Å². The smallest absolute Gasteiger partial charge is 0.410 e. The Morgan fingerprint density at radius 1 is 1.07 bits per heavy atom. The van der Waals surface area contributed by atoms with Crippen LogP contribution in [-0.4, -0.2) is 87.0 Å². The molecule has 1 saturated carbocycles. The zero-order valence-corrected chi connectivity index (χ0v) is 28.6. The second-order valence-electron chi connectivity index (χ2n) is 14.0. The van der Waals surface area contributed by atoms with Crippen molar-refractivity contribution in [3.63, 3.8) is 0 Å². The Bertz CT molecular complexity index is 1200. The molecule has 1 aromatic rings. The predicted molar refractivity (Wildman–Crippen MR) is 180 cm³/mol. The van der Waals surface area contributed by atoms with Crippen molar-refractivity contribution in [3.8, 4) is 0 Å². The number of hydrogen-bond donors (Lipinski definition) is 1. The fourth-order valence-electron chi connectivity index (χ4n) is 6.80. The molecule has 254 valence electrons. The Balaban J connectivity index is 1.45. The summed E-state index contributed by atoms with van der Waals surface area (Å²) in [6, 6.07) is 2.41. The molecule has 0 radical (unpaired) electrons. The minimum Gasteiger partial charge on any atom is -0.457 e. The first-order valence-electron chi connectivity index (χ1n) is 17.4. The lowest BCUT2D eigenvalue weighted by molar-refractivity contribution is -0.150. The number of amides is 1. The van der Waals surface area contributed by atoms with Crippen molar-refractivity contribution in [2.45, 2.75) is 122 Å². The third kappa shape index (κ3) is 10.5. The predicted octanol–water partition coefficient (Wildman–Crippen LogP) is 6.60. The minimum atomic E-state index is -1.29. The molecule has 2 aliphatic heterocycles. The molecule has 3 heterocycles. The molecule has 1 saturated heterocycles. The van der Waals surface area contributed by atoms with E-state index in [1.807, 2.05) is 52.0 Å². The zero-order valence-electron chi connectivity index (χ0n) is 28.6. The standard InChI is InChI=1S/C37H56N4O5/c1-27-18-19-37(5,44)32(45-36(43)41-24-22-40(23-25-41)31-14-8-6-7-9-15-31)17-16-29(3)34(46-33(42)26-27)28(2)12-10-13-30(4)35-38-20-11-21-39-35/h10-13,16-17,20-21,27,29-32,34,44H,6-9,14-15,18-19,22-26H2,1-5H3/b13-10+,17-16+,28-12+/t27-,29+,30-,32+,34-,37-/m1/s1. The largest absolute Gasteiger partial charge is 0.457 e. The van der Waals surface area contributed by atoms with E-state index in [-0.39, 0.29) is 36.2 Å². The molecule has 1 N–H and O–H groups in total. The average Bonchev–Trinajstić information content (AvgIpc) is 3.34. The molecule has 0 bridgehead atoms. The lowest BCUT2D eigenvalue weighted by Crippen LogP contribution is -2.53. The summed E-state index contributed by atoms with van der Waals surface area (Å²) in [5.41, 5.74) is -0.399. The van der Waals surface area contributed by atoms with Crippen LogP contribution in [0.15, 0.2) is 54.4 Å². The number of carbonyl (C=O) groups excluding carboxylic acids is 2. The van der Waals surface area contributed by atoms with E-state index in [0.717, 1.165) is 24.5 Å². The lowest BCUT2D eigenvalue weighted by atomic mass is 9.87. The van der Waals surface area contributed by atoms with Crippen LogP contribution < -0.4 is 0 Å². The number of esters is 1. The molecule has 3 aliphatic rings. The van der Waals surface area contributed by atoms with Crippen molar-refractivity contribution in [2.24, 2.45) is 11.8 Å². The van der Waals surface area contributed by atoms with Gasteiger partial charge in [0.2, 0.25) is 0 Å². The monoisotopic (exact) mass is 636 g/mol. The van der Waals surface area contributed by atoms with Crippen molar-refractivity contribution in [2.75, 3.05) is 26.2 Å². The van der Waals surface area contributed by atoms with Crippen LogP contribution in [0.1, 0.15) is 104 Å². The van der Waals surface area contributed by atoms with Crippen LogP contribution in [0.25, 0.3) is 0 Å². The van der Waals surface area contributed by atoms with E-state index in [0.29, 0.717) is 32.0 Å². The van der Waals surface area contributed by atoms with E-state index in [1.165, 1.54) is 38.5 Å². The van der Waals surface area contributed by atoms with E-state index < -0.39 is 17.8 Å². The van der Waals surface area contributed by atoms with Gasteiger partial charge in [-0.1, -0.05) is 70.8 Å². The maximum atomic E-state index is 13.4. The summed E-state index contributed by atoms with van der Waals surface area (Å²) >= 11 is 0. The number of rotatable bonds is 6. The second kappa shape index (κ2) is 17.2. The summed E-state index contributed by atoms with van der Waals surface area (Å²) in [6.45, 7) is 12.7. The summed E-state index contributed by atoms with van der Waals surface area (Å²) < 4.78 is 12.1. The summed E-state index contributed by atoms with van der Waals surface area (Å²) in [7, 11) is 0. The van der Waals surface area contributed by atoms with E-state index in [1.54, 1.807) is 36.4 Å². The highest BCUT2D eigenvalue weighted by Crippen LogP contribution is 2.29. The molecule has 0 aromatic carbocycles. The number of hydrogen-bond acceptors (Lipinski definition) is 8. The molecule has 2 fully saturated rings. The highest BCUT2D eigenvalue weighted by atomic mass is 16.6. The maximum Gasteiger partial charge on any atom is 0.410 e. The SMILES string of the molecule is C/C(=C\C=C\[C@@H](C)c1ncccn1)[C@H]1OC(=O)C[C@H](C)CC[C@@](C)(O)[C@@H](OC(=O)N2CCN(C3CCCCCC3)CC2)/C=C/[C@@H]1C. The van der Waals surface area contributed by atoms with E-state index in [9.17, 15) is 14.7 Å². The van der Waals surface area contributed by atoms with Crippen LogP contribution in [0.3, 0.4) is 0 Å². The molecule has 4 rings (SSSR count). The van der Waals surface area contributed by atoms with Crippen molar-refractivity contribution in [1.82, 2.24) is 19.8 Å². The van der Waals surface area contributed by atoms with Gasteiger partial charge in [0, 0.05) is 62.9 Å². The van der Waals surface area contributed by atoms with Gasteiger partial charge in [-0.3, -0.25) is 9.69 Å². The molecule has 9 heteroatoms. The topological polar surface area (TPSA) is 105 Å². The molecule has 9 nitrogen and oxygen atoms in total. The quantitative estimate of drug-likeness (QED) is 0.161. The van der Waals surface area contributed by atoms with Gasteiger partial charge in [0.25, 0.3) is 0 Å². The molecule has 46 heavy (non-hydrogen) atoms. The molecular formula is C37H56N4O5. The fourth-order valence-corrected chi connectivity index (χ4v) is 6.80. The Kier molecular flexibility index (Phi) is 13.4. The van der Waals surface area contributed by atoms with E-state index >= 15 is 0 Å². The third-order valence-corrected chi connectivity index (χ3v) is 9.94. The molecule has 1 aliphatic carbocycles. The molecule has 0 unspecified atom stereocenters. The molecule has 1 aromatic heterocycles. The van der Waals surface area contributed by atoms with Crippen LogP contribution in [-0.2, 0) is 14.3 Å².